The van der Waals surface area contributed by atoms with Crippen molar-refractivity contribution in [3.8, 4) is 6.07 Å². The molecule has 0 aliphatic rings. The molecule has 2 aromatic rings. The van der Waals surface area contributed by atoms with Crippen molar-refractivity contribution in [1.29, 1.82) is 5.26 Å². The first kappa shape index (κ1) is 26.1. The Balaban J connectivity index is 2.18. The maximum atomic E-state index is 14.5. The monoisotopic (exact) mass is 463 g/mol. The molecule has 1 heterocycles. The molecule has 5 N–H and O–H groups in total. The Morgan fingerprint density at radius 2 is 2.09 bits per heavy atom. The van der Waals surface area contributed by atoms with Crippen LogP contribution < -0.4 is 21.9 Å². The van der Waals surface area contributed by atoms with Crippen molar-refractivity contribution in [2.24, 2.45) is 24.0 Å². The van der Waals surface area contributed by atoms with Gasteiger partial charge in [-0.15, -0.1) is 0 Å². The van der Waals surface area contributed by atoms with Gasteiger partial charge in [-0.25, -0.2) is 10.2 Å². The van der Waals surface area contributed by atoms with Crippen LogP contribution >= 0.6 is 0 Å². The molecule has 1 aromatic heterocycles. The maximum Gasteiger partial charge on any atom is 0.255 e. The summed E-state index contributed by atoms with van der Waals surface area (Å²) in [7, 11) is 1.78. The first-order chi connectivity index (χ1) is 15.9. The van der Waals surface area contributed by atoms with E-state index in [9.17, 15) is 9.18 Å². The zero-order valence-electron chi connectivity index (χ0n) is 20.1. The summed E-state index contributed by atoms with van der Waals surface area (Å²) in [5, 5.41) is 17.0. The van der Waals surface area contributed by atoms with E-state index in [0.717, 1.165) is 16.8 Å². The number of hydrogen-bond acceptors (Lipinski definition) is 6. The number of nitrogens with one attached hydrogen (secondary N) is 1. The van der Waals surface area contributed by atoms with Crippen LogP contribution in [0.5, 0.6) is 0 Å². The molecule has 178 valence electrons. The maximum absolute atomic E-state index is 14.5. The van der Waals surface area contributed by atoms with E-state index in [1.54, 1.807) is 56.9 Å². The number of benzene rings is 1. The Morgan fingerprint density at radius 1 is 1.41 bits per heavy atom. The van der Waals surface area contributed by atoms with Gasteiger partial charge in [0, 0.05) is 35.8 Å². The second-order valence-corrected chi connectivity index (χ2v) is 8.35. The topological polar surface area (TPSA) is 126 Å². The number of nitriles is 1. The summed E-state index contributed by atoms with van der Waals surface area (Å²) in [5.41, 5.74) is 8.61. The van der Waals surface area contributed by atoms with Crippen molar-refractivity contribution in [3.05, 3.63) is 89.3 Å². The molecule has 0 aliphatic carbocycles. The fourth-order valence-corrected chi connectivity index (χ4v) is 2.80. The van der Waals surface area contributed by atoms with Gasteiger partial charge in [0.2, 0.25) is 0 Å². The van der Waals surface area contributed by atoms with Crippen LogP contribution in [0.4, 0.5) is 10.1 Å². The van der Waals surface area contributed by atoms with Crippen LogP contribution in [0.25, 0.3) is 5.70 Å². The van der Waals surface area contributed by atoms with Gasteiger partial charge in [-0.05, 0) is 57.5 Å². The number of hydrazine groups is 1. The van der Waals surface area contributed by atoms with Crippen LogP contribution in [0.1, 0.15) is 42.4 Å². The number of halogens is 1. The van der Waals surface area contributed by atoms with Gasteiger partial charge in [0.05, 0.1) is 29.1 Å². The molecular formula is C25H30FN7O. The van der Waals surface area contributed by atoms with E-state index in [4.69, 9.17) is 16.8 Å². The van der Waals surface area contributed by atoms with Crippen molar-refractivity contribution in [2.45, 2.75) is 27.7 Å². The lowest BCUT2D eigenvalue weighted by atomic mass is 9.87. The number of nitrogens with zero attached hydrogens (tertiary/aromatic N) is 4. The second kappa shape index (κ2) is 10.6. The third-order valence-electron chi connectivity index (χ3n) is 5.35. The molecule has 9 heteroatoms. The smallest absolute Gasteiger partial charge is 0.255 e. The zero-order valence-corrected chi connectivity index (χ0v) is 20.1. The van der Waals surface area contributed by atoms with Crippen LogP contribution in [0.2, 0.25) is 0 Å². The molecule has 0 aliphatic heterocycles. The second-order valence-electron chi connectivity index (χ2n) is 8.35. The minimum absolute atomic E-state index is 0.0197. The molecule has 0 bridgehead atoms. The van der Waals surface area contributed by atoms with Gasteiger partial charge in [0.25, 0.3) is 5.91 Å². The summed E-state index contributed by atoms with van der Waals surface area (Å²) in [6.45, 7) is 11.0. The highest BCUT2D eigenvalue weighted by Crippen LogP contribution is 2.24. The number of amides is 1. The molecule has 0 spiro atoms. The number of aryl methyl sites for hydroxylation is 1. The highest BCUT2D eigenvalue weighted by Gasteiger charge is 2.18. The Labute approximate surface area is 199 Å². The molecule has 0 radical (unpaired) electrons. The molecule has 34 heavy (non-hydrogen) atoms. The van der Waals surface area contributed by atoms with Crippen molar-refractivity contribution >= 4 is 17.3 Å². The quantitative estimate of drug-likeness (QED) is 0.311. The van der Waals surface area contributed by atoms with Crippen molar-refractivity contribution in [3.63, 3.8) is 0 Å². The third kappa shape index (κ3) is 6.21. The SMILES string of the molecule is C=C(/C=C\C=C(/C)NC(=O)c1ccc(F)c(N(N)/C=C(\N)c2cnn(C)c2C)c1)C(C)(C)C#N. The number of nitrogens with two attached hydrogens (primary N) is 2. The van der Waals surface area contributed by atoms with E-state index in [2.05, 4.69) is 23.1 Å². The Kier molecular flexibility index (Phi) is 8.16. The molecule has 0 atom stereocenters. The fraction of sp³-hybridized carbons (Fsp3) is 0.240. The van der Waals surface area contributed by atoms with Crippen molar-refractivity contribution < 1.29 is 9.18 Å². The first-order valence-corrected chi connectivity index (χ1v) is 10.4. The first-order valence-electron chi connectivity index (χ1n) is 10.4. The van der Waals surface area contributed by atoms with Crippen molar-refractivity contribution in [2.75, 3.05) is 5.01 Å². The van der Waals surface area contributed by atoms with Gasteiger partial charge in [0.1, 0.15) is 5.82 Å². The normalized spacial score (nSPS) is 12.5. The van der Waals surface area contributed by atoms with Crippen LogP contribution in [0, 0.1) is 29.5 Å². The highest BCUT2D eigenvalue weighted by atomic mass is 19.1. The standard InChI is InChI=1S/C25H30FN7O/c1-16(25(4,5)15-27)8-7-9-17(2)31-24(34)19-10-11-21(26)23(12-19)33(29)14-22(28)20-13-30-32(6)18(20)3/h7-14H,1,28-29H2,2-6H3,(H,31,34)/b8-7-,17-9+,22-14-. The minimum Gasteiger partial charge on any atom is -0.397 e. The lowest BCUT2D eigenvalue weighted by molar-refractivity contribution is 0.0966. The van der Waals surface area contributed by atoms with E-state index in [-0.39, 0.29) is 11.3 Å². The molecule has 1 aromatic carbocycles. The summed E-state index contributed by atoms with van der Waals surface area (Å²) in [6.07, 6.45) is 8.05. The lowest BCUT2D eigenvalue weighted by Gasteiger charge is -2.17. The predicted octanol–water partition coefficient (Wildman–Crippen LogP) is 3.80. The van der Waals surface area contributed by atoms with Crippen LogP contribution in [0.3, 0.4) is 0 Å². The number of carbonyl (C=O) groups excluding carboxylic acids is 1. The fourth-order valence-electron chi connectivity index (χ4n) is 2.80. The number of carbonyl (C=O) groups is 1. The number of anilines is 1. The molecule has 2 rings (SSSR count). The highest BCUT2D eigenvalue weighted by molar-refractivity contribution is 5.96. The molecule has 0 unspecified atom stereocenters. The van der Waals surface area contributed by atoms with Crippen molar-refractivity contribution in [1.82, 2.24) is 15.1 Å². The molecule has 0 saturated carbocycles. The van der Waals surface area contributed by atoms with Crippen LogP contribution in [0.15, 0.2) is 66.7 Å². The van der Waals surface area contributed by atoms with Crippen LogP contribution in [-0.4, -0.2) is 15.7 Å². The van der Waals surface area contributed by atoms with E-state index in [0.29, 0.717) is 22.5 Å². The van der Waals surface area contributed by atoms with Gasteiger partial charge in [0.15, 0.2) is 0 Å². The average Bonchev–Trinajstić information content (AvgIpc) is 3.11. The molecule has 0 saturated heterocycles. The number of rotatable bonds is 8. The van der Waals surface area contributed by atoms with Crippen LogP contribution in [-0.2, 0) is 7.05 Å². The van der Waals surface area contributed by atoms with Gasteiger partial charge >= 0.3 is 0 Å². The van der Waals surface area contributed by atoms with E-state index >= 15 is 0 Å². The van der Waals surface area contributed by atoms with E-state index in [1.807, 2.05) is 6.92 Å². The summed E-state index contributed by atoms with van der Waals surface area (Å²) in [5.74, 6) is 4.98. The van der Waals surface area contributed by atoms with Gasteiger partial charge < -0.3 is 11.1 Å². The predicted molar refractivity (Wildman–Crippen MR) is 132 cm³/mol. The minimum atomic E-state index is -0.687. The van der Waals surface area contributed by atoms with Gasteiger partial charge in [-0.2, -0.15) is 10.4 Å². The molecule has 8 nitrogen and oxygen atoms in total. The van der Waals surface area contributed by atoms with Gasteiger partial charge in [-0.1, -0.05) is 18.7 Å². The summed E-state index contributed by atoms with van der Waals surface area (Å²) in [6, 6.07) is 6.04. The molecule has 0 fully saturated rings. The summed E-state index contributed by atoms with van der Waals surface area (Å²) < 4.78 is 16.1. The Hall–Kier alpha value is -4.16. The lowest BCUT2D eigenvalue weighted by Crippen LogP contribution is -2.28. The zero-order chi connectivity index (χ0) is 25.6. The number of hydrogen-bond donors (Lipinski definition) is 3. The summed E-state index contributed by atoms with van der Waals surface area (Å²) in [4.78, 5) is 12.7. The van der Waals surface area contributed by atoms with E-state index < -0.39 is 17.1 Å². The number of allylic oxidation sites excluding steroid dienone is 5. The Bertz CT molecular complexity index is 1230. The largest absolute Gasteiger partial charge is 0.397 e. The number of aromatic nitrogens is 2. The van der Waals surface area contributed by atoms with E-state index in [1.165, 1.54) is 18.3 Å². The van der Waals surface area contributed by atoms with Gasteiger partial charge in [-0.3, -0.25) is 14.5 Å². The summed E-state index contributed by atoms with van der Waals surface area (Å²) >= 11 is 0. The molecule has 1 amide bonds. The molecular weight excluding hydrogens is 433 g/mol. The third-order valence-corrected chi connectivity index (χ3v) is 5.35. The Morgan fingerprint density at radius 3 is 2.68 bits per heavy atom. The average molecular weight is 464 g/mol.